The Kier molecular flexibility index (Phi) is 3.56. The number of hydrogen-bond donors (Lipinski definition) is 1. The van der Waals surface area contributed by atoms with Gasteiger partial charge in [-0.25, -0.2) is 0 Å². The van der Waals surface area contributed by atoms with Crippen LogP contribution in [0.15, 0.2) is 35.1 Å². The summed E-state index contributed by atoms with van der Waals surface area (Å²) in [5, 5.41) is 4.37. The second-order valence-corrected chi connectivity index (χ2v) is 6.39. The molecule has 0 saturated heterocycles. The van der Waals surface area contributed by atoms with Crippen LogP contribution in [0.4, 0.5) is 0 Å². The molecule has 2 N–H and O–H groups in total. The van der Waals surface area contributed by atoms with Gasteiger partial charge in [-0.3, -0.25) is 4.68 Å². The lowest BCUT2D eigenvalue weighted by molar-refractivity contribution is 0.161. The topological polar surface area (TPSA) is 53.1 Å². The van der Waals surface area contributed by atoms with Gasteiger partial charge in [0.2, 0.25) is 0 Å². The first-order chi connectivity index (χ1) is 9.54. The lowest BCUT2D eigenvalue weighted by Crippen LogP contribution is -2.23. The number of ether oxygens (including phenoxy) is 1. The third-order valence-corrected chi connectivity index (χ3v) is 4.12. The van der Waals surface area contributed by atoms with E-state index in [-0.39, 0.29) is 12.1 Å². The zero-order chi connectivity index (χ0) is 14.3. The highest BCUT2D eigenvalue weighted by molar-refractivity contribution is 9.10. The van der Waals surface area contributed by atoms with E-state index in [2.05, 4.69) is 34.9 Å². The summed E-state index contributed by atoms with van der Waals surface area (Å²) in [6, 6.07) is 6.32. The van der Waals surface area contributed by atoms with Crippen molar-refractivity contribution in [1.82, 2.24) is 9.78 Å². The molecular weight excluding hydrogens is 318 g/mol. The second kappa shape index (κ2) is 5.22. The molecule has 1 aromatic carbocycles. The molecule has 2 heterocycles. The summed E-state index contributed by atoms with van der Waals surface area (Å²) in [4.78, 5) is 0. The molecule has 0 bridgehead atoms. The van der Waals surface area contributed by atoms with Crippen molar-refractivity contribution < 1.29 is 4.74 Å². The highest BCUT2D eigenvalue weighted by Gasteiger charge is 2.28. The van der Waals surface area contributed by atoms with Crippen molar-refractivity contribution in [3.05, 3.63) is 46.2 Å². The molecule has 0 radical (unpaired) electrons. The van der Waals surface area contributed by atoms with E-state index in [1.807, 2.05) is 35.3 Å². The van der Waals surface area contributed by atoms with Gasteiger partial charge < -0.3 is 10.5 Å². The van der Waals surface area contributed by atoms with Crippen molar-refractivity contribution in [2.45, 2.75) is 38.5 Å². The number of hydrogen-bond acceptors (Lipinski definition) is 3. The Hall–Kier alpha value is -1.33. The van der Waals surface area contributed by atoms with Crippen LogP contribution in [0.1, 0.15) is 49.6 Å². The predicted octanol–water partition coefficient (Wildman–Crippen LogP) is 3.75. The van der Waals surface area contributed by atoms with Crippen molar-refractivity contribution >= 4 is 15.9 Å². The number of fused-ring (bicyclic) bond motifs is 1. The van der Waals surface area contributed by atoms with Crippen LogP contribution in [-0.4, -0.2) is 9.78 Å². The van der Waals surface area contributed by atoms with Gasteiger partial charge in [0.25, 0.3) is 0 Å². The van der Waals surface area contributed by atoms with Crippen LogP contribution in [0, 0.1) is 0 Å². The Morgan fingerprint density at radius 3 is 2.95 bits per heavy atom. The maximum Gasteiger partial charge on any atom is 0.129 e. The molecule has 0 saturated carbocycles. The minimum atomic E-state index is -0.0221. The van der Waals surface area contributed by atoms with Crippen molar-refractivity contribution in [2.24, 2.45) is 5.73 Å². The number of benzene rings is 1. The Labute approximate surface area is 127 Å². The molecule has 20 heavy (non-hydrogen) atoms. The summed E-state index contributed by atoms with van der Waals surface area (Å²) >= 11 is 3.47. The van der Waals surface area contributed by atoms with Crippen LogP contribution in [0.3, 0.4) is 0 Å². The summed E-state index contributed by atoms with van der Waals surface area (Å²) in [6.45, 7) is 4.22. The van der Waals surface area contributed by atoms with Crippen molar-refractivity contribution in [2.75, 3.05) is 0 Å². The first kappa shape index (κ1) is 13.6. The molecule has 5 heteroatoms. The molecule has 1 aliphatic heterocycles. The Morgan fingerprint density at radius 1 is 1.45 bits per heavy atom. The number of halogens is 1. The van der Waals surface area contributed by atoms with Gasteiger partial charge in [0.05, 0.1) is 6.20 Å². The summed E-state index contributed by atoms with van der Waals surface area (Å²) in [5.41, 5.74) is 8.43. The molecule has 1 aromatic heterocycles. The summed E-state index contributed by atoms with van der Waals surface area (Å²) in [7, 11) is 0. The van der Waals surface area contributed by atoms with Crippen molar-refractivity contribution in [3.8, 4) is 5.75 Å². The molecule has 3 rings (SSSR count). The molecular formula is C15H18BrN3O. The van der Waals surface area contributed by atoms with E-state index in [1.54, 1.807) is 0 Å². The molecule has 1 aliphatic rings. The average molecular weight is 336 g/mol. The monoisotopic (exact) mass is 335 g/mol. The SMILES string of the molecule is CC(C)n1cc(C2C[C@@H](N)c3cc(Br)ccc3O2)cn1. The molecule has 2 atom stereocenters. The fraction of sp³-hybridized carbons (Fsp3) is 0.400. The summed E-state index contributed by atoms with van der Waals surface area (Å²) in [6.07, 6.45) is 4.67. The number of nitrogens with two attached hydrogens (primary N) is 1. The van der Waals surface area contributed by atoms with Gasteiger partial charge in [0.15, 0.2) is 0 Å². The molecule has 0 aliphatic carbocycles. The third kappa shape index (κ3) is 2.47. The zero-order valence-electron chi connectivity index (χ0n) is 11.6. The number of rotatable bonds is 2. The highest BCUT2D eigenvalue weighted by atomic mass is 79.9. The molecule has 0 fully saturated rings. The van der Waals surface area contributed by atoms with Crippen LogP contribution >= 0.6 is 15.9 Å². The first-order valence-corrected chi connectivity index (χ1v) is 7.59. The second-order valence-electron chi connectivity index (χ2n) is 5.48. The van der Waals surface area contributed by atoms with E-state index in [4.69, 9.17) is 10.5 Å². The molecule has 2 aromatic rings. The fourth-order valence-electron chi connectivity index (χ4n) is 2.48. The zero-order valence-corrected chi connectivity index (χ0v) is 13.2. The Balaban J connectivity index is 1.88. The van der Waals surface area contributed by atoms with Gasteiger partial charge in [-0.05, 0) is 32.0 Å². The van der Waals surface area contributed by atoms with Gasteiger partial charge in [0, 0.05) is 40.3 Å². The summed E-state index contributed by atoms with van der Waals surface area (Å²) in [5.74, 6) is 0.870. The van der Waals surface area contributed by atoms with E-state index in [0.29, 0.717) is 6.04 Å². The Morgan fingerprint density at radius 2 is 2.25 bits per heavy atom. The van der Waals surface area contributed by atoms with E-state index in [1.165, 1.54) is 0 Å². The first-order valence-electron chi connectivity index (χ1n) is 6.80. The maximum atomic E-state index is 6.28. The average Bonchev–Trinajstić information content (AvgIpc) is 2.89. The van der Waals surface area contributed by atoms with E-state index < -0.39 is 0 Å². The van der Waals surface area contributed by atoms with Gasteiger partial charge >= 0.3 is 0 Å². The van der Waals surface area contributed by atoms with E-state index >= 15 is 0 Å². The third-order valence-electron chi connectivity index (χ3n) is 3.63. The number of aromatic nitrogens is 2. The fourth-order valence-corrected chi connectivity index (χ4v) is 2.86. The quantitative estimate of drug-likeness (QED) is 0.909. The largest absolute Gasteiger partial charge is 0.485 e. The van der Waals surface area contributed by atoms with E-state index in [9.17, 15) is 0 Å². The van der Waals surface area contributed by atoms with Crippen LogP contribution in [0.2, 0.25) is 0 Å². The smallest absolute Gasteiger partial charge is 0.129 e. The Bertz CT molecular complexity index is 623. The van der Waals surface area contributed by atoms with Gasteiger partial charge in [-0.1, -0.05) is 15.9 Å². The normalized spacial score (nSPS) is 21.6. The molecule has 4 nitrogen and oxygen atoms in total. The van der Waals surface area contributed by atoms with Crippen LogP contribution in [0.5, 0.6) is 5.75 Å². The van der Waals surface area contributed by atoms with Crippen LogP contribution < -0.4 is 10.5 Å². The minimum absolute atomic E-state index is 0.0105. The standard InChI is InChI=1S/C15H18BrN3O/c1-9(2)19-8-10(7-18-19)15-6-13(17)12-5-11(16)3-4-14(12)20-15/h3-5,7-9,13,15H,6,17H2,1-2H3/t13-,15?/m1/s1. The van der Waals surface area contributed by atoms with Gasteiger partial charge in [0.1, 0.15) is 11.9 Å². The number of nitrogens with zero attached hydrogens (tertiary/aromatic N) is 2. The van der Waals surface area contributed by atoms with E-state index in [0.717, 1.165) is 27.8 Å². The predicted molar refractivity (Wildman–Crippen MR) is 81.7 cm³/mol. The van der Waals surface area contributed by atoms with Crippen LogP contribution in [-0.2, 0) is 0 Å². The van der Waals surface area contributed by atoms with Gasteiger partial charge in [-0.15, -0.1) is 0 Å². The maximum absolute atomic E-state index is 6.28. The lowest BCUT2D eigenvalue weighted by Gasteiger charge is -2.30. The summed E-state index contributed by atoms with van der Waals surface area (Å²) < 4.78 is 9.06. The minimum Gasteiger partial charge on any atom is -0.485 e. The molecule has 1 unspecified atom stereocenters. The highest BCUT2D eigenvalue weighted by Crippen LogP contribution is 2.40. The lowest BCUT2D eigenvalue weighted by atomic mass is 9.95. The van der Waals surface area contributed by atoms with Crippen LogP contribution in [0.25, 0.3) is 0 Å². The van der Waals surface area contributed by atoms with Crippen molar-refractivity contribution in [1.29, 1.82) is 0 Å². The molecule has 0 amide bonds. The van der Waals surface area contributed by atoms with Gasteiger partial charge in [-0.2, -0.15) is 5.10 Å². The molecule has 106 valence electrons. The molecule has 0 spiro atoms. The van der Waals surface area contributed by atoms with Crippen molar-refractivity contribution in [3.63, 3.8) is 0 Å².